The predicted octanol–water partition coefficient (Wildman–Crippen LogP) is 20.8. The Bertz CT molecular complexity index is 1880. The molecule has 9 nitrogen and oxygen atoms in total. The van der Waals surface area contributed by atoms with Gasteiger partial charge in [0.2, 0.25) is 0 Å². The van der Waals surface area contributed by atoms with Crippen LogP contribution in [0.3, 0.4) is 0 Å². The zero-order valence-corrected chi connectivity index (χ0v) is 52.1. The fourth-order valence-electron chi connectivity index (χ4n) is 8.27. The number of nitrogens with two attached hydrogens (primary N) is 1. The first kappa shape index (κ1) is 76.6. The smallest absolute Gasteiger partial charge is 0.462 e. The third kappa shape index (κ3) is 64.7. The number of rotatable bonds is 58. The van der Waals surface area contributed by atoms with E-state index in [0.29, 0.717) is 6.42 Å². The van der Waals surface area contributed by atoms with Crippen LogP contribution in [0.1, 0.15) is 245 Å². The largest absolute Gasteiger partial charge is 0.472 e. The summed E-state index contributed by atoms with van der Waals surface area (Å²) in [5.74, 6) is -0.859. The Hall–Kier alpha value is -4.37. The Morgan fingerprint density at radius 3 is 0.951 bits per heavy atom. The molecule has 0 bridgehead atoms. The summed E-state index contributed by atoms with van der Waals surface area (Å²) in [6, 6.07) is 0. The monoisotopic (exact) mass is 1140 g/mol. The van der Waals surface area contributed by atoms with Crippen molar-refractivity contribution in [2.75, 3.05) is 26.4 Å². The Kier molecular flexibility index (Phi) is 61.3. The molecule has 2 unspecified atom stereocenters. The van der Waals surface area contributed by atoms with Crippen LogP contribution >= 0.6 is 7.82 Å². The van der Waals surface area contributed by atoms with Crippen molar-refractivity contribution >= 4 is 19.8 Å². The van der Waals surface area contributed by atoms with E-state index in [9.17, 15) is 19.0 Å². The van der Waals surface area contributed by atoms with Crippen LogP contribution in [0.25, 0.3) is 0 Å². The van der Waals surface area contributed by atoms with E-state index in [0.717, 1.165) is 141 Å². The van der Waals surface area contributed by atoms with Crippen LogP contribution in [0.5, 0.6) is 0 Å². The number of hydrogen-bond acceptors (Lipinski definition) is 8. The van der Waals surface area contributed by atoms with Crippen molar-refractivity contribution in [2.24, 2.45) is 5.73 Å². The Balaban J connectivity index is 4.01. The summed E-state index contributed by atoms with van der Waals surface area (Å²) >= 11 is 0. The van der Waals surface area contributed by atoms with E-state index in [1.54, 1.807) is 0 Å². The van der Waals surface area contributed by atoms with Gasteiger partial charge in [0.1, 0.15) is 6.61 Å². The molecule has 10 heteroatoms. The Labute approximate surface area is 496 Å². The van der Waals surface area contributed by atoms with Crippen molar-refractivity contribution in [1.29, 1.82) is 0 Å². The first-order valence-electron chi connectivity index (χ1n) is 32.0. The molecular weight excluding hydrogens is 1030 g/mol. The molecular formula is C71H116NO8P. The minimum absolute atomic E-state index is 0.0418. The molecule has 0 rings (SSSR count). The molecule has 0 saturated heterocycles. The van der Waals surface area contributed by atoms with E-state index in [1.807, 2.05) is 0 Å². The van der Waals surface area contributed by atoms with Gasteiger partial charge in [0.25, 0.3) is 0 Å². The van der Waals surface area contributed by atoms with Gasteiger partial charge in [0, 0.05) is 19.4 Å². The van der Waals surface area contributed by atoms with Gasteiger partial charge in [-0.3, -0.25) is 18.6 Å². The molecule has 0 aliphatic rings. The molecule has 0 saturated carbocycles. The van der Waals surface area contributed by atoms with Crippen molar-refractivity contribution in [2.45, 2.75) is 251 Å². The minimum atomic E-state index is -4.41. The predicted molar refractivity (Wildman–Crippen MR) is 348 cm³/mol. The first-order valence-corrected chi connectivity index (χ1v) is 33.5. The number of allylic oxidation sites excluding steroid dienone is 26. The molecule has 0 aromatic carbocycles. The zero-order valence-electron chi connectivity index (χ0n) is 51.2. The third-order valence-electron chi connectivity index (χ3n) is 12.9. The second-order valence-electron chi connectivity index (χ2n) is 20.5. The number of phosphoric acid groups is 1. The van der Waals surface area contributed by atoms with E-state index in [1.165, 1.54) is 70.6 Å². The van der Waals surface area contributed by atoms with E-state index >= 15 is 0 Å². The van der Waals surface area contributed by atoms with Crippen molar-refractivity contribution in [1.82, 2.24) is 0 Å². The summed E-state index contributed by atoms with van der Waals surface area (Å²) in [4.78, 5) is 35.3. The molecule has 0 amide bonds. The summed E-state index contributed by atoms with van der Waals surface area (Å²) in [5.41, 5.74) is 5.39. The van der Waals surface area contributed by atoms with Crippen LogP contribution in [0, 0.1) is 0 Å². The number of hydrogen-bond donors (Lipinski definition) is 2. The van der Waals surface area contributed by atoms with Crippen LogP contribution in [0.2, 0.25) is 0 Å². The lowest BCUT2D eigenvalue weighted by molar-refractivity contribution is -0.161. The molecule has 81 heavy (non-hydrogen) atoms. The van der Waals surface area contributed by atoms with Gasteiger partial charge >= 0.3 is 19.8 Å². The molecule has 0 radical (unpaired) electrons. The average molecular weight is 1140 g/mol. The van der Waals surface area contributed by atoms with Crippen LogP contribution in [-0.2, 0) is 32.7 Å². The maximum absolute atomic E-state index is 12.7. The molecule has 0 aliphatic heterocycles. The highest BCUT2D eigenvalue weighted by Gasteiger charge is 2.26. The van der Waals surface area contributed by atoms with Crippen LogP contribution in [0.15, 0.2) is 158 Å². The SMILES string of the molecule is CC/C=C\C/C=C\C/C=C\C/C=C\C/C=C\C/C=C\C/C=C\CCCCCCCC(=O)OC(COC(=O)CCCCCCCCCCCCCCCC/C=C\C/C=C\C/C=C\C/C=C\C/C=C\C/C=C\CC)COP(=O)(O)OCCN. The summed E-state index contributed by atoms with van der Waals surface area (Å²) in [6.45, 7) is 3.48. The van der Waals surface area contributed by atoms with Gasteiger partial charge in [-0.2, -0.15) is 0 Å². The molecule has 0 aliphatic carbocycles. The normalized spacial score (nSPS) is 14.1. The number of unbranched alkanes of at least 4 members (excludes halogenated alkanes) is 19. The van der Waals surface area contributed by atoms with Crippen LogP contribution in [0.4, 0.5) is 0 Å². The molecule has 2 atom stereocenters. The number of carbonyl (C=O) groups is 2. The average Bonchev–Trinajstić information content (AvgIpc) is 3.46. The fraction of sp³-hybridized carbons (Fsp3) is 0.606. The molecule has 0 spiro atoms. The number of phosphoric ester groups is 1. The first-order chi connectivity index (χ1) is 39.8. The lowest BCUT2D eigenvalue weighted by atomic mass is 10.0. The second-order valence-corrected chi connectivity index (χ2v) is 22.0. The number of ether oxygens (including phenoxy) is 2. The topological polar surface area (TPSA) is 134 Å². The number of carbonyl (C=O) groups excluding carboxylic acids is 2. The molecule has 0 heterocycles. The van der Waals surface area contributed by atoms with Gasteiger partial charge in [0.15, 0.2) is 6.10 Å². The summed E-state index contributed by atoms with van der Waals surface area (Å²) in [7, 11) is -4.41. The van der Waals surface area contributed by atoms with Gasteiger partial charge in [-0.25, -0.2) is 4.57 Å². The van der Waals surface area contributed by atoms with Crippen molar-refractivity contribution < 1.29 is 37.6 Å². The minimum Gasteiger partial charge on any atom is -0.462 e. The van der Waals surface area contributed by atoms with E-state index < -0.39 is 32.5 Å². The Morgan fingerprint density at radius 1 is 0.370 bits per heavy atom. The van der Waals surface area contributed by atoms with Crippen molar-refractivity contribution in [3.05, 3.63) is 158 Å². The van der Waals surface area contributed by atoms with E-state index in [2.05, 4.69) is 172 Å². The van der Waals surface area contributed by atoms with Crippen molar-refractivity contribution in [3.8, 4) is 0 Å². The highest BCUT2D eigenvalue weighted by atomic mass is 31.2. The van der Waals surface area contributed by atoms with Gasteiger partial charge < -0.3 is 20.1 Å². The third-order valence-corrected chi connectivity index (χ3v) is 13.9. The molecule has 3 N–H and O–H groups in total. The molecule has 458 valence electrons. The second kappa shape index (κ2) is 64.8. The summed E-state index contributed by atoms with van der Waals surface area (Å²) in [6.07, 6.45) is 94.5. The lowest BCUT2D eigenvalue weighted by Crippen LogP contribution is -2.29. The van der Waals surface area contributed by atoms with E-state index in [-0.39, 0.29) is 32.6 Å². The quantitative estimate of drug-likeness (QED) is 0.0264. The maximum Gasteiger partial charge on any atom is 0.472 e. The highest BCUT2D eigenvalue weighted by molar-refractivity contribution is 7.47. The lowest BCUT2D eigenvalue weighted by Gasteiger charge is -2.19. The maximum atomic E-state index is 12.7. The number of esters is 2. The standard InChI is InChI=1S/C71H116NO8P/c1-3-5-7-9-11-13-15-17-19-21-23-25-27-29-31-32-33-34-35-36-38-39-41-43-45-47-49-51-53-55-57-59-61-63-70(73)77-67-69(68-79-81(75,76)78-66-65-72)80-71(74)64-62-60-58-56-54-52-50-48-46-44-42-40-37-30-28-26-24-22-20-18-16-14-12-10-8-6-4-2/h5-8,11-14,17-20,23-26,29-31,33-34,37,42,44,48,50,69H,3-4,9-10,15-16,21-22,27-28,32,35-36,38-41,43,45-47,49,51-68,72H2,1-2H3,(H,75,76)/b7-5-,8-6-,13-11-,14-12-,19-17-,20-18-,25-23-,26-24-,31-29-,34-33-,37-30-,44-42-,50-48-. The van der Waals surface area contributed by atoms with Crippen LogP contribution in [-0.4, -0.2) is 49.3 Å². The summed E-state index contributed by atoms with van der Waals surface area (Å²) in [5, 5.41) is 0. The molecule has 0 fully saturated rings. The van der Waals surface area contributed by atoms with E-state index in [4.69, 9.17) is 24.3 Å². The van der Waals surface area contributed by atoms with Gasteiger partial charge in [-0.1, -0.05) is 268 Å². The summed E-state index contributed by atoms with van der Waals surface area (Å²) < 4.78 is 33.1. The van der Waals surface area contributed by atoms with Gasteiger partial charge in [-0.15, -0.1) is 0 Å². The van der Waals surface area contributed by atoms with Gasteiger partial charge in [-0.05, 0) is 122 Å². The zero-order chi connectivity index (χ0) is 58.7. The molecule has 0 aromatic rings. The van der Waals surface area contributed by atoms with Crippen LogP contribution < -0.4 is 5.73 Å². The molecule has 0 aromatic heterocycles. The van der Waals surface area contributed by atoms with Gasteiger partial charge in [0.05, 0.1) is 13.2 Å². The van der Waals surface area contributed by atoms with Crippen molar-refractivity contribution in [3.63, 3.8) is 0 Å². The fourth-order valence-corrected chi connectivity index (χ4v) is 9.03. The highest BCUT2D eigenvalue weighted by Crippen LogP contribution is 2.43. The Morgan fingerprint density at radius 2 is 0.642 bits per heavy atom.